The molecule has 0 saturated carbocycles. The Labute approximate surface area is 128 Å². The molecule has 0 saturated heterocycles. The summed E-state index contributed by atoms with van der Waals surface area (Å²) in [6.07, 6.45) is 3.70. The van der Waals surface area contributed by atoms with Crippen molar-refractivity contribution in [2.45, 2.75) is 46.2 Å². The zero-order chi connectivity index (χ0) is 14.5. The van der Waals surface area contributed by atoms with Crippen molar-refractivity contribution in [3.05, 3.63) is 40.0 Å². The van der Waals surface area contributed by atoms with Crippen molar-refractivity contribution in [1.82, 2.24) is 15.1 Å². The minimum atomic E-state index is 0.183. The first-order valence-electron chi connectivity index (χ1n) is 7.15. The van der Waals surface area contributed by atoms with E-state index in [1.807, 2.05) is 19.1 Å². The molecule has 0 aromatic carbocycles. The van der Waals surface area contributed by atoms with Crippen molar-refractivity contribution in [2.24, 2.45) is 0 Å². The van der Waals surface area contributed by atoms with E-state index in [1.165, 1.54) is 5.69 Å². The van der Waals surface area contributed by atoms with Gasteiger partial charge in [0, 0.05) is 13.0 Å². The monoisotopic (exact) mass is 339 g/mol. The minimum Gasteiger partial charge on any atom is -0.468 e. The molecule has 1 N–H and O–H groups in total. The van der Waals surface area contributed by atoms with Crippen LogP contribution in [0, 0.1) is 6.92 Å². The van der Waals surface area contributed by atoms with Crippen LogP contribution >= 0.6 is 15.9 Å². The fraction of sp³-hybridized carbons (Fsp3) is 0.533. The molecule has 2 heterocycles. The van der Waals surface area contributed by atoms with Gasteiger partial charge in [0.1, 0.15) is 5.76 Å². The van der Waals surface area contributed by atoms with Gasteiger partial charge in [-0.25, -0.2) is 0 Å². The highest BCUT2D eigenvalue weighted by Crippen LogP contribution is 2.26. The van der Waals surface area contributed by atoms with Crippen molar-refractivity contribution < 1.29 is 4.42 Å². The second-order valence-corrected chi connectivity index (χ2v) is 5.68. The summed E-state index contributed by atoms with van der Waals surface area (Å²) in [4.78, 5) is 0. The van der Waals surface area contributed by atoms with E-state index >= 15 is 0 Å². The van der Waals surface area contributed by atoms with Crippen LogP contribution in [0.25, 0.3) is 0 Å². The van der Waals surface area contributed by atoms with Crippen LogP contribution in [-0.2, 0) is 13.0 Å². The van der Waals surface area contributed by atoms with Crippen molar-refractivity contribution in [3.8, 4) is 0 Å². The summed E-state index contributed by atoms with van der Waals surface area (Å²) >= 11 is 3.66. The van der Waals surface area contributed by atoms with Crippen LogP contribution in [0.5, 0.6) is 0 Å². The maximum Gasteiger partial charge on any atom is 0.121 e. The number of hydrogen-bond acceptors (Lipinski definition) is 3. The first kappa shape index (κ1) is 15.3. The van der Waals surface area contributed by atoms with Crippen molar-refractivity contribution in [1.29, 1.82) is 0 Å². The van der Waals surface area contributed by atoms with Gasteiger partial charge in [0.2, 0.25) is 0 Å². The lowest BCUT2D eigenvalue weighted by atomic mass is 10.1. The molecule has 1 unspecified atom stereocenters. The van der Waals surface area contributed by atoms with Gasteiger partial charge in [-0.1, -0.05) is 6.92 Å². The van der Waals surface area contributed by atoms with E-state index in [1.54, 1.807) is 6.26 Å². The summed E-state index contributed by atoms with van der Waals surface area (Å²) in [5, 5.41) is 8.11. The van der Waals surface area contributed by atoms with Crippen LogP contribution in [0.15, 0.2) is 27.3 Å². The molecule has 0 bridgehead atoms. The quantitative estimate of drug-likeness (QED) is 0.833. The molecule has 0 amide bonds. The van der Waals surface area contributed by atoms with Crippen LogP contribution in [0.3, 0.4) is 0 Å². The fourth-order valence-corrected chi connectivity index (χ4v) is 2.78. The third-order valence-corrected chi connectivity index (χ3v) is 4.41. The van der Waals surface area contributed by atoms with Crippen LogP contribution in [-0.4, -0.2) is 16.3 Å². The topological polar surface area (TPSA) is 43.0 Å². The van der Waals surface area contributed by atoms with Gasteiger partial charge < -0.3 is 9.73 Å². The molecular weight excluding hydrogens is 318 g/mol. The van der Waals surface area contributed by atoms with E-state index in [2.05, 4.69) is 44.9 Å². The minimum absolute atomic E-state index is 0.183. The SMILES string of the molecule is CCCNC(Cc1c(Br)c(C)nn1CC)c1ccco1. The molecular formula is C15H22BrN3O. The molecule has 0 radical (unpaired) electrons. The first-order chi connectivity index (χ1) is 9.67. The Morgan fingerprint density at radius 2 is 2.25 bits per heavy atom. The number of nitrogens with zero attached hydrogens (tertiary/aromatic N) is 2. The average molecular weight is 340 g/mol. The molecule has 2 aromatic rings. The molecule has 0 aliphatic rings. The number of nitrogens with one attached hydrogen (secondary N) is 1. The van der Waals surface area contributed by atoms with Gasteiger partial charge in [-0.15, -0.1) is 0 Å². The number of furan rings is 1. The van der Waals surface area contributed by atoms with Crippen LogP contribution in [0.1, 0.15) is 43.5 Å². The van der Waals surface area contributed by atoms with Gasteiger partial charge in [0.25, 0.3) is 0 Å². The third kappa shape index (κ3) is 3.33. The Balaban J connectivity index is 2.23. The molecule has 0 spiro atoms. The van der Waals surface area contributed by atoms with E-state index in [-0.39, 0.29) is 6.04 Å². The summed E-state index contributed by atoms with van der Waals surface area (Å²) in [5.41, 5.74) is 2.26. The first-order valence-corrected chi connectivity index (χ1v) is 7.95. The highest BCUT2D eigenvalue weighted by Gasteiger charge is 2.20. The summed E-state index contributed by atoms with van der Waals surface area (Å²) < 4.78 is 8.74. The number of rotatable bonds is 7. The Morgan fingerprint density at radius 3 is 2.85 bits per heavy atom. The van der Waals surface area contributed by atoms with E-state index in [9.17, 15) is 0 Å². The van der Waals surface area contributed by atoms with E-state index in [4.69, 9.17) is 4.42 Å². The second kappa shape index (κ2) is 7.09. The van der Waals surface area contributed by atoms with E-state index in [0.717, 1.165) is 41.9 Å². The normalized spacial score (nSPS) is 12.8. The number of aryl methyl sites for hydroxylation is 2. The summed E-state index contributed by atoms with van der Waals surface area (Å²) in [5.74, 6) is 0.979. The largest absolute Gasteiger partial charge is 0.468 e. The summed E-state index contributed by atoms with van der Waals surface area (Å²) in [6.45, 7) is 8.16. The van der Waals surface area contributed by atoms with Crippen LogP contribution < -0.4 is 5.32 Å². The van der Waals surface area contributed by atoms with Gasteiger partial charge >= 0.3 is 0 Å². The van der Waals surface area contributed by atoms with E-state index < -0.39 is 0 Å². The number of hydrogen-bond donors (Lipinski definition) is 1. The van der Waals surface area contributed by atoms with Crippen LogP contribution in [0.4, 0.5) is 0 Å². The predicted octanol–water partition coefficient (Wildman–Crippen LogP) is 3.85. The fourth-order valence-electron chi connectivity index (χ4n) is 2.34. The highest BCUT2D eigenvalue weighted by molar-refractivity contribution is 9.10. The number of aromatic nitrogens is 2. The molecule has 110 valence electrons. The lowest BCUT2D eigenvalue weighted by Gasteiger charge is -2.17. The molecule has 1 atom stereocenters. The van der Waals surface area contributed by atoms with Crippen molar-refractivity contribution in [3.63, 3.8) is 0 Å². The second-order valence-electron chi connectivity index (χ2n) is 4.89. The smallest absolute Gasteiger partial charge is 0.121 e. The van der Waals surface area contributed by atoms with Gasteiger partial charge in [-0.2, -0.15) is 5.10 Å². The standard InChI is InChI=1S/C15H22BrN3O/c1-4-8-17-12(14-7-6-9-20-14)10-13-15(16)11(3)18-19(13)5-2/h6-7,9,12,17H,4-5,8,10H2,1-3H3. The third-order valence-electron chi connectivity index (χ3n) is 3.38. The Morgan fingerprint density at radius 1 is 1.45 bits per heavy atom. The maximum atomic E-state index is 5.58. The van der Waals surface area contributed by atoms with Crippen molar-refractivity contribution in [2.75, 3.05) is 6.54 Å². The predicted molar refractivity (Wildman–Crippen MR) is 83.8 cm³/mol. The van der Waals surface area contributed by atoms with Gasteiger partial charge in [-0.05, 0) is 54.9 Å². The molecule has 0 aliphatic heterocycles. The van der Waals surface area contributed by atoms with Crippen molar-refractivity contribution >= 4 is 15.9 Å². The Bertz CT molecular complexity index is 534. The zero-order valence-electron chi connectivity index (χ0n) is 12.3. The molecule has 2 aromatic heterocycles. The Hall–Kier alpha value is -1.07. The average Bonchev–Trinajstić information content (AvgIpc) is 3.06. The van der Waals surface area contributed by atoms with Gasteiger partial charge in [0.05, 0.1) is 28.2 Å². The molecule has 2 rings (SSSR count). The summed E-state index contributed by atoms with van der Waals surface area (Å²) in [7, 11) is 0. The van der Waals surface area contributed by atoms with Gasteiger partial charge in [-0.3, -0.25) is 4.68 Å². The molecule has 0 aliphatic carbocycles. The molecule has 20 heavy (non-hydrogen) atoms. The maximum absolute atomic E-state index is 5.58. The lowest BCUT2D eigenvalue weighted by Crippen LogP contribution is -2.25. The lowest BCUT2D eigenvalue weighted by molar-refractivity contribution is 0.402. The van der Waals surface area contributed by atoms with Gasteiger partial charge in [0.15, 0.2) is 0 Å². The molecule has 4 nitrogen and oxygen atoms in total. The van der Waals surface area contributed by atoms with E-state index in [0.29, 0.717) is 0 Å². The zero-order valence-corrected chi connectivity index (χ0v) is 13.9. The molecule has 0 fully saturated rings. The Kier molecular flexibility index (Phi) is 5.43. The number of halogens is 1. The molecule has 5 heteroatoms. The highest BCUT2D eigenvalue weighted by atomic mass is 79.9. The summed E-state index contributed by atoms with van der Waals surface area (Å²) in [6, 6.07) is 4.15. The van der Waals surface area contributed by atoms with Crippen LogP contribution in [0.2, 0.25) is 0 Å².